The number of amides is 2. The van der Waals surface area contributed by atoms with E-state index in [9.17, 15) is 14.4 Å². The van der Waals surface area contributed by atoms with Gasteiger partial charge >= 0.3 is 0 Å². The van der Waals surface area contributed by atoms with Crippen LogP contribution < -0.4 is 0 Å². The van der Waals surface area contributed by atoms with E-state index in [1.54, 1.807) is 30.3 Å². The van der Waals surface area contributed by atoms with Gasteiger partial charge in [-0.2, -0.15) is 0 Å². The Balaban J connectivity index is 1.61. The topological polar surface area (TPSA) is 54.5 Å². The summed E-state index contributed by atoms with van der Waals surface area (Å²) in [5, 5.41) is 1.65. The van der Waals surface area contributed by atoms with Gasteiger partial charge in [0.1, 0.15) is 0 Å². The maximum absolute atomic E-state index is 12.7. The van der Waals surface area contributed by atoms with E-state index >= 15 is 0 Å². The minimum absolute atomic E-state index is 0.248. The molecular formula is C22H15NO3S. The first-order valence-corrected chi connectivity index (χ1v) is 9.26. The Hall–Kier alpha value is -3.18. The van der Waals surface area contributed by atoms with Crippen LogP contribution in [0, 0.1) is 0 Å². The van der Waals surface area contributed by atoms with Gasteiger partial charge < -0.3 is 0 Å². The molecule has 27 heavy (non-hydrogen) atoms. The Morgan fingerprint density at radius 3 is 2.41 bits per heavy atom. The summed E-state index contributed by atoms with van der Waals surface area (Å²) in [6.07, 6.45) is 1.72. The highest BCUT2D eigenvalue weighted by molar-refractivity contribution is 8.18. The molecule has 3 aromatic rings. The standard InChI is InChI=1S/C22H15NO3S/c24-19(16-8-2-1-3-9-16)14-23-21(25)20(27-22(23)26)13-17-11-6-10-15-7-4-5-12-18(15)17/h1-13H,14H2/b20-13+. The highest BCUT2D eigenvalue weighted by atomic mass is 32.2. The van der Waals surface area contributed by atoms with E-state index < -0.39 is 11.1 Å². The van der Waals surface area contributed by atoms with Gasteiger partial charge in [-0.25, -0.2) is 0 Å². The lowest BCUT2D eigenvalue weighted by atomic mass is 10.0. The highest BCUT2D eigenvalue weighted by Gasteiger charge is 2.36. The molecule has 0 spiro atoms. The first-order valence-electron chi connectivity index (χ1n) is 8.45. The van der Waals surface area contributed by atoms with Gasteiger partial charge in [-0.05, 0) is 34.2 Å². The quantitative estimate of drug-likeness (QED) is 0.489. The van der Waals surface area contributed by atoms with E-state index in [4.69, 9.17) is 0 Å². The Bertz CT molecular complexity index is 1080. The van der Waals surface area contributed by atoms with E-state index in [0.717, 1.165) is 33.0 Å². The first kappa shape index (κ1) is 17.2. The van der Waals surface area contributed by atoms with Crippen molar-refractivity contribution < 1.29 is 14.4 Å². The molecular weight excluding hydrogens is 358 g/mol. The number of hydrogen-bond donors (Lipinski definition) is 0. The number of carbonyl (C=O) groups is 3. The number of rotatable bonds is 4. The molecule has 0 unspecified atom stereocenters. The van der Waals surface area contributed by atoms with E-state index in [-0.39, 0.29) is 12.3 Å². The molecule has 0 atom stereocenters. The van der Waals surface area contributed by atoms with Crippen molar-refractivity contribution in [2.75, 3.05) is 6.54 Å². The minimum Gasteiger partial charge on any atom is -0.292 e. The number of Topliss-reactive ketones (excluding diaryl/α,β-unsaturated/α-hetero) is 1. The molecule has 0 aliphatic carbocycles. The van der Waals surface area contributed by atoms with Gasteiger partial charge in [-0.1, -0.05) is 72.8 Å². The van der Waals surface area contributed by atoms with Crippen LogP contribution in [0.1, 0.15) is 15.9 Å². The molecule has 1 heterocycles. The minimum atomic E-state index is -0.429. The predicted octanol–water partition coefficient (Wildman–Crippen LogP) is 4.76. The molecule has 132 valence electrons. The molecule has 0 radical (unpaired) electrons. The summed E-state index contributed by atoms with van der Waals surface area (Å²) < 4.78 is 0. The number of benzene rings is 3. The number of imide groups is 1. The number of carbonyl (C=O) groups excluding carboxylic acids is 3. The SMILES string of the molecule is O=C(CN1C(=O)S/C(=C/c2cccc3ccccc23)C1=O)c1ccccc1. The maximum atomic E-state index is 12.7. The average Bonchev–Trinajstić information content (AvgIpc) is 2.96. The molecule has 4 rings (SSSR count). The lowest BCUT2D eigenvalue weighted by molar-refractivity contribution is -0.122. The van der Waals surface area contributed by atoms with Crippen molar-refractivity contribution in [1.29, 1.82) is 0 Å². The number of hydrogen-bond acceptors (Lipinski definition) is 4. The summed E-state index contributed by atoms with van der Waals surface area (Å²) in [4.78, 5) is 38.7. The molecule has 0 N–H and O–H groups in total. The Kier molecular flexibility index (Phi) is 4.60. The van der Waals surface area contributed by atoms with E-state index in [0.29, 0.717) is 10.5 Å². The second-order valence-corrected chi connectivity index (χ2v) is 7.12. The summed E-state index contributed by atoms with van der Waals surface area (Å²) in [7, 11) is 0. The lowest BCUT2D eigenvalue weighted by Crippen LogP contribution is -2.33. The fourth-order valence-corrected chi connectivity index (χ4v) is 3.84. The summed E-state index contributed by atoms with van der Waals surface area (Å²) in [5.74, 6) is -0.688. The van der Waals surface area contributed by atoms with Gasteiger partial charge in [0.25, 0.3) is 11.1 Å². The zero-order chi connectivity index (χ0) is 18.8. The van der Waals surface area contributed by atoms with Crippen LogP contribution in [0.5, 0.6) is 0 Å². The van der Waals surface area contributed by atoms with Crippen LogP contribution in [-0.4, -0.2) is 28.4 Å². The number of thioether (sulfide) groups is 1. The first-order chi connectivity index (χ1) is 13.1. The molecule has 1 aliphatic rings. The third kappa shape index (κ3) is 3.41. The molecule has 0 bridgehead atoms. The fourth-order valence-electron chi connectivity index (χ4n) is 3.01. The van der Waals surface area contributed by atoms with Crippen LogP contribution in [0.25, 0.3) is 16.8 Å². The van der Waals surface area contributed by atoms with Gasteiger partial charge in [-0.3, -0.25) is 19.3 Å². The van der Waals surface area contributed by atoms with Crippen LogP contribution in [0.15, 0.2) is 77.7 Å². The van der Waals surface area contributed by atoms with Crippen molar-refractivity contribution in [3.05, 3.63) is 88.8 Å². The van der Waals surface area contributed by atoms with Crippen LogP contribution in [0.3, 0.4) is 0 Å². The summed E-state index contributed by atoms with van der Waals surface area (Å²) in [5.41, 5.74) is 1.35. The molecule has 4 nitrogen and oxygen atoms in total. The van der Waals surface area contributed by atoms with Crippen molar-refractivity contribution in [2.24, 2.45) is 0 Å². The molecule has 2 amide bonds. The largest absolute Gasteiger partial charge is 0.293 e. The van der Waals surface area contributed by atoms with Crippen LogP contribution in [-0.2, 0) is 4.79 Å². The summed E-state index contributed by atoms with van der Waals surface area (Å²) in [6.45, 7) is -0.248. The van der Waals surface area contributed by atoms with Crippen LogP contribution in [0.2, 0.25) is 0 Å². The second-order valence-electron chi connectivity index (χ2n) is 6.13. The Morgan fingerprint density at radius 1 is 0.889 bits per heavy atom. The second kappa shape index (κ2) is 7.21. The van der Waals surface area contributed by atoms with Gasteiger partial charge in [0.2, 0.25) is 0 Å². The van der Waals surface area contributed by atoms with E-state index in [1.807, 2.05) is 48.5 Å². The van der Waals surface area contributed by atoms with E-state index in [2.05, 4.69) is 0 Å². The zero-order valence-electron chi connectivity index (χ0n) is 14.3. The Labute approximate surface area is 160 Å². The predicted molar refractivity (Wildman–Crippen MR) is 107 cm³/mol. The summed E-state index contributed by atoms with van der Waals surface area (Å²) >= 11 is 0.869. The molecule has 1 fully saturated rings. The molecule has 0 saturated carbocycles. The van der Waals surface area contributed by atoms with Crippen LogP contribution >= 0.6 is 11.8 Å². The van der Waals surface area contributed by atoms with Crippen molar-refractivity contribution in [3.63, 3.8) is 0 Å². The van der Waals surface area contributed by atoms with Gasteiger partial charge in [-0.15, -0.1) is 0 Å². The van der Waals surface area contributed by atoms with Crippen molar-refractivity contribution in [3.8, 4) is 0 Å². The lowest BCUT2D eigenvalue weighted by Gasteiger charge is -2.11. The highest BCUT2D eigenvalue weighted by Crippen LogP contribution is 2.33. The molecule has 1 saturated heterocycles. The number of ketones is 1. The van der Waals surface area contributed by atoms with Gasteiger partial charge in [0.15, 0.2) is 5.78 Å². The monoisotopic (exact) mass is 373 g/mol. The van der Waals surface area contributed by atoms with E-state index in [1.165, 1.54) is 0 Å². The fraction of sp³-hybridized carbons (Fsp3) is 0.0455. The molecule has 1 aliphatic heterocycles. The van der Waals surface area contributed by atoms with Crippen molar-refractivity contribution in [1.82, 2.24) is 4.90 Å². The molecule has 0 aromatic heterocycles. The third-order valence-corrected chi connectivity index (χ3v) is 5.29. The smallest absolute Gasteiger partial charge is 0.292 e. The maximum Gasteiger partial charge on any atom is 0.293 e. The normalized spacial score (nSPS) is 15.7. The molecule has 3 aromatic carbocycles. The Morgan fingerprint density at radius 2 is 1.59 bits per heavy atom. The number of nitrogens with zero attached hydrogens (tertiary/aromatic N) is 1. The van der Waals surface area contributed by atoms with Gasteiger partial charge in [0, 0.05) is 5.56 Å². The third-order valence-electron chi connectivity index (χ3n) is 4.38. The van der Waals surface area contributed by atoms with Crippen molar-refractivity contribution in [2.45, 2.75) is 0 Å². The zero-order valence-corrected chi connectivity index (χ0v) is 15.1. The van der Waals surface area contributed by atoms with Gasteiger partial charge in [0.05, 0.1) is 11.4 Å². The molecule has 5 heteroatoms. The van der Waals surface area contributed by atoms with Crippen molar-refractivity contribution >= 4 is 45.5 Å². The number of fused-ring (bicyclic) bond motifs is 1. The summed E-state index contributed by atoms with van der Waals surface area (Å²) in [6, 6.07) is 22.3. The van der Waals surface area contributed by atoms with Crippen LogP contribution in [0.4, 0.5) is 4.79 Å². The average molecular weight is 373 g/mol.